The number of ether oxygens (including phenoxy) is 1. The van der Waals surface area contributed by atoms with Gasteiger partial charge in [-0.3, -0.25) is 14.4 Å². The number of benzene rings is 2. The Hall–Kier alpha value is -2.67. The van der Waals surface area contributed by atoms with Crippen LogP contribution in [0.5, 0.6) is 0 Å². The van der Waals surface area contributed by atoms with Gasteiger partial charge in [0.25, 0.3) is 5.91 Å². The number of rotatable bonds is 6. The van der Waals surface area contributed by atoms with Gasteiger partial charge in [0.2, 0.25) is 5.91 Å². The van der Waals surface area contributed by atoms with Crippen molar-refractivity contribution in [2.75, 3.05) is 17.2 Å². The summed E-state index contributed by atoms with van der Waals surface area (Å²) < 4.78 is 5.87. The molecule has 2 amide bonds. The normalized spacial score (nSPS) is 10.0. The van der Waals surface area contributed by atoms with E-state index in [0.717, 1.165) is 10.0 Å². The van der Waals surface area contributed by atoms with E-state index in [1.54, 1.807) is 48.5 Å². The molecule has 0 saturated heterocycles. The van der Waals surface area contributed by atoms with Gasteiger partial charge >= 0.3 is 5.97 Å². The Morgan fingerprint density at radius 3 is 2.08 bits per heavy atom. The van der Waals surface area contributed by atoms with Crippen LogP contribution in [-0.2, 0) is 25.5 Å². The quantitative estimate of drug-likeness (QED) is 0.724. The molecule has 0 saturated carbocycles. The molecule has 0 unspecified atom stereocenters. The van der Waals surface area contributed by atoms with Crippen LogP contribution in [0.1, 0.15) is 12.5 Å². The standard InChI is InChI=1S/C18H17BrN2O4/c1-12(22)20-15-6-2-13(3-7-15)10-18(24)25-11-17(23)21-16-8-4-14(19)5-9-16/h2-9H,10-11H2,1H3,(H,20,22)(H,21,23). The van der Waals surface area contributed by atoms with Gasteiger partial charge in [0.05, 0.1) is 6.42 Å². The number of carbonyl (C=O) groups is 3. The maximum absolute atomic E-state index is 11.8. The minimum Gasteiger partial charge on any atom is -0.455 e. The molecule has 2 aromatic rings. The van der Waals surface area contributed by atoms with Crippen LogP contribution in [0.25, 0.3) is 0 Å². The van der Waals surface area contributed by atoms with Crippen molar-refractivity contribution >= 4 is 45.1 Å². The molecule has 0 aliphatic heterocycles. The number of hydrogen-bond donors (Lipinski definition) is 2. The summed E-state index contributed by atoms with van der Waals surface area (Å²) in [6, 6.07) is 13.9. The Kier molecular flexibility index (Phi) is 6.71. The molecule has 6 nitrogen and oxygen atoms in total. The molecule has 0 radical (unpaired) electrons. The molecule has 25 heavy (non-hydrogen) atoms. The highest BCUT2D eigenvalue weighted by atomic mass is 79.9. The lowest BCUT2D eigenvalue weighted by atomic mass is 10.1. The van der Waals surface area contributed by atoms with E-state index < -0.39 is 11.9 Å². The topological polar surface area (TPSA) is 84.5 Å². The fraction of sp³-hybridized carbons (Fsp3) is 0.167. The van der Waals surface area contributed by atoms with Gasteiger partial charge in [0.1, 0.15) is 0 Å². The largest absolute Gasteiger partial charge is 0.455 e. The van der Waals surface area contributed by atoms with E-state index in [4.69, 9.17) is 4.74 Å². The third-order valence-corrected chi connectivity index (χ3v) is 3.64. The summed E-state index contributed by atoms with van der Waals surface area (Å²) in [6.07, 6.45) is 0.0475. The third kappa shape index (κ3) is 6.76. The molecule has 0 aliphatic carbocycles. The molecule has 0 heterocycles. The Morgan fingerprint density at radius 1 is 0.920 bits per heavy atom. The van der Waals surface area contributed by atoms with Crippen molar-refractivity contribution in [1.82, 2.24) is 0 Å². The molecule has 0 spiro atoms. The van der Waals surface area contributed by atoms with Gasteiger partial charge in [-0.15, -0.1) is 0 Å². The van der Waals surface area contributed by atoms with Crippen LogP contribution in [0, 0.1) is 0 Å². The van der Waals surface area contributed by atoms with E-state index in [1.165, 1.54) is 6.92 Å². The lowest BCUT2D eigenvalue weighted by molar-refractivity contribution is -0.146. The second kappa shape index (κ2) is 8.98. The summed E-state index contributed by atoms with van der Waals surface area (Å²) in [5, 5.41) is 5.28. The van der Waals surface area contributed by atoms with Crippen molar-refractivity contribution in [3.63, 3.8) is 0 Å². The molecule has 2 aromatic carbocycles. The Balaban J connectivity index is 1.77. The molecule has 7 heteroatoms. The SMILES string of the molecule is CC(=O)Nc1ccc(CC(=O)OCC(=O)Nc2ccc(Br)cc2)cc1. The van der Waals surface area contributed by atoms with Crippen LogP contribution in [-0.4, -0.2) is 24.4 Å². The van der Waals surface area contributed by atoms with Crippen molar-refractivity contribution in [2.24, 2.45) is 0 Å². The van der Waals surface area contributed by atoms with Gasteiger partial charge in [-0.05, 0) is 42.0 Å². The van der Waals surface area contributed by atoms with Crippen molar-refractivity contribution < 1.29 is 19.1 Å². The number of amides is 2. The summed E-state index contributed by atoms with van der Waals surface area (Å²) in [7, 11) is 0. The van der Waals surface area contributed by atoms with Gasteiger partial charge in [-0.1, -0.05) is 28.1 Å². The van der Waals surface area contributed by atoms with Crippen molar-refractivity contribution in [3.05, 3.63) is 58.6 Å². The zero-order valence-corrected chi connectivity index (χ0v) is 15.1. The highest BCUT2D eigenvalue weighted by molar-refractivity contribution is 9.10. The predicted octanol–water partition coefficient (Wildman–Crippen LogP) is 3.13. The number of hydrogen-bond acceptors (Lipinski definition) is 4. The molecular formula is C18H17BrN2O4. The van der Waals surface area contributed by atoms with E-state index in [2.05, 4.69) is 26.6 Å². The van der Waals surface area contributed by atoms with E-state index >= 15 is 0 Å². The summed E-state index contributed by atoms with van der Waals surface area (Å²) >= 11 is 3.31. The molecule has 0 aliphatic rings. The van der Waals surface area contributed by atoms with Crippen LogP contribution < -0.4 is 10.6 Å². The second-order valence-corrected chi connectivity index (χ2v) is 6.19. The van der Waals surface area contributed by atoms with Gasteiger partial charge < -0.3 is 15.4 Å². The van der Waals surface area contributed by atoms with E-state index in [0.29, 0.717) is 11.4 Å². The van der Waals surface area contributed by atoms with E-state index in [-0.39, 0.29) is 18.9 Å². The lowest BCUT2D eigenvalue weighted by Crippen LogP contribution is -2.21. The maximum atomic E-state index is 11.8. The van der Waals surface area contributed by atoms with Gasteiger partial charge in [0, 0.05) is 22.8 Å². The summed E-state index contributed by atoms with van der Waals surface area (Å²) in [4.78, 5) is 34.5. The number of halogens is 1. The molecule has 0 atom stereocenters. The Morgan fingerprint density at radius 2 is 1.48 bits per heavy atom. The van der Waals surface area contributed by atoms with Gasteiger partial charge in [-0.2, -0.15) is 0 Å². The molecule has 2 N–H and O–H groups in total. The number of nitrogens with one attached hydrogen (secondary N) is 2. The maximum Gasteiger partial charge on any atom is 0.310 e. The highest BCUT2D eigenvalue weighted by Gasteiger charge is 2.09. The van der Waals surface area contributed by atoms with Crippen molar-refractivity contribution in [3.8, 4) is 0 Å². The van der Waals surface area contributed by atoms with E-state index in [1.807, 2.05) is 0 Å². The number of anilines is 2. The molecule has 0 fully saturated rings. The first-order valence-electron chi connectivity index (χ1n) is 7.50. The molecular weight excluding hydrogens is 388 g/mol. The minimum absolute atomic E-state index is 0.0475. The molecule has 2 rings (SSSR count). The van der Waals surface area contributed by atoms with E-state index in [9.17, 15) is 14.4 Å². The van der Waals surface area contributed by atoms with Crippen LogP contribution in [0.3, 0.4) is 0 Å². The average Bonchev–Trinajstić information content (AvgIpc) is 2.56. The van der Waals surface area contributed by atoms with Crippen molar-refractivity contribution in [1.29, 1.82) is 0 Å². The van der Waals surface area contributed by atoms with Gasteiger partial charge in [0.15, 0.2) is 6.61 Å². The zero-order chi connectivity index (χ0) is 18.2. The van der Waals surface area contributed by atoms with Gasteiger partial charge in [-0.25, -0.2) is 0 Å². The summed E-state index contributed by atoms with van der Waals surface area (Å²) in [5.41, 5.74) is 2.00. The average molecular weight is 405 g/mol. The first kappa shape index (κ1) is 18.7. The minimum atomic E-state index is -0.502. The Bertz CT molecular complexity index is 758. The van der Waals surface area contributed by atoms with Crippen LogP contribution in [0.2, 0.25) is 0 Å². The molecule has 0 bridgehead atoms. The highest BCUT2D eigenvalue weighted by Crippen LogP contribution is 2.14. The second-order valence-electron chi connectivity index (χ2n) is 5.27. The summed E-state index contributed by atoms with van der Waals surface area (Å²) in [6.45, 7) is 1.07. The fourth-order valence-electron chi connectivity index (χ4n) is 2.00. The van der Waals surface area contributed by atoms with Crippen molar-refractivity contribution in [2.45, 2.75) is 13.3 Å². The molecule has 130 valence electrons. The first-order chi connectivity index (χ1) is 11.9. The smallest absolute Gasteiger partial charge is 0.310 e. The lowest BCUT2D eigenvalue weighted by Gasteiger charge is -2.07. The predicted molar refractivity (Wildman–Crippen MR) is 98.2 cm³/mol. The number of carbonyl (C=O) groups excluding carboxylic acids is 3. The van der Waals surface area contributed by atoms with Crippen LogP contribution in [0.15, 0.2) is 53.0 Å². The fourth-order valence-corrected chi connectivity index (χ4v) is 2.27. The monoisotopic (exact) mass is 404 g/mol. The van der Waals surface area contributed by atoms with Crippen LogP contribution >= 0.6 is 15.9 Å². The first-order valence-corrected chi connectivity index (χ1v) is 8.29. The zero-order valence-electron chi connectivity index (χ0n) is 13.5. The molecule has 0 aromatic heterocycles. The number of esters is 1. The third-order valence-electron chi connectivity index (χ3n) is 3.11. The van der Waals surface area contributed by atoms with Crippen LogP contribution in [0.4, 0.5) is 11.4 Å². The Labute approximate surface area is 153 Å². The summed E-state index contributed by atoms with van der Waals surface area (Å²) in [5.74, 6) is -1.07.